The maximum atomic E-state index is 13.3. The van der Waals surface area contributed by atoms with Crippen molar-refractivity contribution in [3.8, 4) is 0 Å². The normalized spacial score (nSPS) is 17.7. The number of nitrogens with one attached hydrogen (secondary N) is 1. The molecule has 1 aliphatic carbocycles. The summed E-state index contributed by atoms with van der Waals surface area (Å²) < 4.78 is 26.6. The maximum Gasteiger partial charge on any atom is 0.263 e. The molecule has 0 atom stereocenters. The van der Waals surface area contributed by atoms with Crippen LogP contribution in [0.5, 0.6) is 0 Å². The molecule has 5 nitrogen and oxygen atoms in total. The van der Waals surface area contributed by atoms with Gasteiger partial charge in [0.05, 0.1) is 6.20 Å². The summed E-state index contributed by atoms with van der Waals surface area (Å²) in [5.74, 6) is 1.64. The Morgan fingerprint density at radius 3 is 2.74 bits per heavy atom. The van der Waals surface area contributed by atoms with E-state index in [4.69, 9.17) is 16.6 Å². The van der Waals surface area contributed by atoms with Gasteiger partial charge in [0.2, 0.25) is 5.95 Å². The lowest BCUT2D eigenvalue weighted by molar-refractivity contribution is 0.151. The highest BCUT2D eigenvalue weighted by atomic mass is 35.5. The van der Waals surface area contributed by atoms with Gasteiger partial charge >= 0.3 is 0 Å². The minimum atomic E-state index is -2.52. The number of aromatic nitrogens is 2. The van der Waals surface area contributed by atoms with E-state index in [-0.39, 0.29) is 5.56 Å². The third kappa shape index (κ3) is 4.01. The summed E-state index contributed by atoms with van der Waals surface area (Å²) in [5, 5.41) is 3.79. The lowest BCUT2D eigenvalue weighted by atomic mass is 9.91. The van der Waals surface area contributed by atoms with Crippen LogP contribution >= 0.6 is 11.6 Å². The van der Waals surface area contributed by atoms with Crippen molar-refractivity contribution in [1.29, 1.82) is 0 Å². The van der Waals surface area contributed by atoms with Crippen molar-refractivity contribution < 1.29 is 8.78 Å². The smallest absolute Gasteiger partial charge is 0.263 e. The van der Waals surface area contributed by atoms with Gasteiger partial charge in [-0.15, -0.1) is 0 Å². The number of fused-ring (bicyclic) bond motifs is 2. The van der Waals surface area contributed by atoms with Crippen LogP contribution in [0.15, 0.2) is 36.5 Å². The number of benzene rings is 2. The van der Waals surface area contributed by atoms with E-state index in [1.54, 1.807) is 18.3 Å². The zero-order valence-corrected chi connectivity index (χ0v) is 19.7. The van der Waals surface area contributed by atoms with Crippen molar-refractivity contribution in [1.82, 2.24) is 14.9 Å². The summed E-state index contributed by atoms with van der Waals surface area (Å²) in [6, 6.07) is 9.26. The summed E-state index contributed by atoms with van der Waals surface area (Å²) in [6.45, 7) is 2.66. The molecule has 2 aromatic carbocycles. The molecule has 1 saturated carbocycles. The Balaban J connectivity index is 1.33. The van der Waals surface area contributed by atoms with E-state index < -0.39 is 6.43 Å². The van der Waals surface area contributed by atoms with Crippen LogP contribution in [0.3, 0.4) is 0 Å². The average molecular weight is 482 g/mol. The van der Waals surface area contributed by atoms with Crippen molar-refractivity contribution in [2.75, 3.05) is 30.4 Å². The van der Waals surface area contributed by atoms with Crippen molar-refractivity contribution in [3.05, 3.63) is 69.4 Å². The third-order valence-electron chi connectivity index (χ3n) is 7.07. The predicted octanol–water partition coefficient (Wildman–Crippen LogP) is 6.37. The molecular weight excluding hydrogens is 456 g/mol. The zero-order chi connectivity index (χ0) is 23.4. The van der Waals surface area contributed by atoms with Crippen molar-refractivity contribution in [3.63, 3.8) is 0 Å². The molecule has 1 fully saturated rings. The lowest BCUT2D eigenvalue weighted by Crippen LogP contribution is -2.27. The van der Waals surface area contributed by atoms with E-state index in [0.717, 1.165) is 42.9 Å². The molecule has 3 aromatic rings. The van der Waals surface area contributed by atoms with Gasteiger partial charge in [-0.1, -0.05) is 23.7 Å². The van der Waals surface area contributed by atoms with Crippen LogP contribution in [-0.4, -0.2) is 35.0 Å². The molecular formula is C26H26ClF2N5. The molecule has 34 heavy (non-hydrogen) atoms. The van der Waals surface area contributed by atoms with Crippen LogP contribution in [0.4, 0.5) is 31.9 Å². The Hall–Kier alpha value is -2.77. The van der Waals surface area contributed by atoms with Crippen molar-refractivity contribution in [2.45, 2.75) is 44.6 Å². The standard InChI is InChI=1S/C26H26ClF2N5/c1-33-8-7-20-18(14-33)10-19(12-21(20)15-2-3-15)31-26-30-13-22(27)25(32-26)34-9-6-16-4-5-17(24(28)29)11-23(16)34/h4-5,10-13,15,24H,2-3,6-9,14H2,1H3,(H,30,31,32). The summed E-state index contributed by atoms with van der Waals surface area (Å²) >= 11 is 6.49. The number of halogens is 3. The SMILES string of the molecule is CN1CCc2c(cc(Nc3ncc(Cl)c(N4CCc5ccc(C(F)F)cc54)n3)cc2C2CC2)C1. The van der Waals surface area contributed by atoms with Crippen LogP contribution in [-0.2, 0) is 19.4 Å². The lowest BCUT2D eigenvalue weighted by Gasteiger charge is -2.28. The van der Waals surface area contributed by atoms with Gasteiger partial charge in [0.25, 0.3) is 6.43 Å². The molecule has 0 amide bonds. The summed E-state index contributed by atoms with van der Waals surface area (Å²) in [7, 11) is 2.15. The molecule has 1 N–H and O–H groups in total. The summed E-state index contributed by atoms with van der Waals surface area (Å²) in [4.78, 5) is 13.4. The molecule has 2 aliphatic heterocycles. The molecule has 0 radical (unpaired) electrons. The summed E-state index contributed by atoms with van der Waals surface area (Å²) in [6.07, 6.45) is 3.41. The van der Waals surface area contributed by atoms with Crippen LogP contribution in [0, 0.1) is 0 Å². The van der Waals surface area contributed by atoms with Crippen molar-refractivity contribution in [2.24, 2.45) is 0 Å². The zero-order valence-electron chi connectivity index (χ0n) is 19.0. The maximum absolute atomic E-state index is 13.3. The average Bonchev–Trinajstić information content (AvgIpc) is 3.58. The van der Waals surface area contributed by atoms with E-state index >= 15 is 0 Å². The number of hydrogen-bond acceptors (Lipinski definition) is 5. The van der Waals surface area contributed by atoms with Crippen LogP contribution in [0.25, 0.3) is 0 Å². The number of rotatable bonds is 5. The highest BCUT2D eigenvalue weighted by molar-refractivity contribution is 6.33. The Labute approximate surface area is 202 Å². The van der Waals surface area contributed by atoms with Crippen LogP contribution in [0.2, 0.25) is 5.02 Å². The predicted molar refractivity (Wildman–Crippen MR) is 131 cm³/mol. The second-order valence-electron chi connectivity index (χ2n) is 9.55. The van der Waals surface area contributed by atoms with Gasteiger partial charge < -0.3 is 15.1 Å². The molecule has 0 spiro atoms. The minimum Gasteiger partial charge on any atom is -0.324 e. The first-order valence-electron chi connectivity index (χ1n) is 11.8. The van der Waals surface area contributed by atoms with Gasteiger partial charge in [-0.3, -0.25) is 0 Å². The van der Waals surface area contributed by atoms with Gasteiger partial charge in [-0.2, -0.15) is 4.98 Å². The molecule has 176 valence electrons. The quantitative estimate of drug-likeness (QED) is 0.458. The van der Waals surface area contributed by atoms with E-state index in [1.807, 2.05) is 4.90 Å². The molecule has 6 rings (SSSR count). The third-order valence-corrected chi connectivity index (χ3v) is 7.34. The molecule has 8 heteroatoms. The molecule has 1 aromatic heterocycles. The van der Waals surface area contributed by atoms with Crippen molar-refractivity contribution >= 4 is 34.7 Å². The Morgan fingerprint density at radius 1 is 1.09 bits per heavy atom. The Kier molecular flexibility index (Phi) is 5.41. The van der Waals surface area contributed by atoms with E-state index in [0.29, 0.717) is 29.3 Å². The largest absolute Gasteiger partial charge is 0.324 e. The first-order valence-corrected chi connectivity index (χ1v) is 12.2. The van der Waals surface area contributed by atoms with E-state index in [2.05, 4.69) is 34.4 Å². The number of hydrogen-bond donors (Lipinski definition) is 1. The first kappa shape index (κ1) is 21.7. The highest BCUT2D eigenvalue weighted by Crippen LogP contribution is 2.45. The monoisotopic (exact) mass is 481 g/mol. The van der Waals surface area contributed by atoms with Gasteiger partial charge in [-0.05, 0) is 79.1 Å². The van der Waals surface area contributed by atoms with Gasteiger partial charge in [0.1, 0.15) is 5.02 Å². The minimum absolute atomic E-state index is 0.000750. The summed E-state index contributed by atoms with van der Waals surface area (Å²) in [5.41, 5.74) is 7.05. The number of nitrogens with zero attached hydrogens (tertiary/aromatic N) is 4. The van der Waals surface area contributed by atoms with Gasteiger partial charge in [0, 0.05) is 36.6 Å². The second kappa shape index (κ2) is 8.47. The Morgan fingerprint density at radius 2 is 1.94 bits per heavy atom. The molecule has 0 unspecified atom stereocenters. The van der Waals surface area contributed by atoms with Crippen LogP contribution in [0.1, 0.15) is 53.0 Å². The first-order chi connectivity index (χ1) is 16.5. The molecule has 0 saturated heterocycles. The molecule has 0 bridgehead atoms. The number of anilines is 4. The topological polar surface area (TPSA) is 44.3 Å². The fourth-order valence-electron chi connectivity index (χ4n) is 5.19. The molecule has 3 aliphatic rings. The van der Waals surface area contributed by atoms with E-state index in [1.165, 1.54) is 35.6 Å². The Bertz CT molecular complexity index is 1260. The fourth-order valence-corrected chi connectivity index (χ4v) is 5.39. The second-order valence-corrected chi connectivity index (χ2v) is 9.95. The van der Waals surface area contributed by atoms with Gasteiger partial charge in [-0.25, -0.2) is 13.8 Å². The van der Waals surface area contributed by atoms with Crippen LogP contribution < -0.4 is 10.2 Å². The number of alkyl halides is 2. The number of likely N-dealkylation sites (N-methyl/N-ethyl adjacent to an activating group) is 1. The van der Waals surface area contributed by atoms with E-state index in [9.17, 15) is 8.78 Å². The highest BCUT2D eigenvalue weighted by Gasteiger charge is 2.30. The fraction of sp³-hybridized carbons (Fsp3) is 0.385. The molecule has 3 heterocycles. The van der Waals surface area contributed by atoms with Gasteiger partial charge in [0.15, 0.2) is 5.82 Å².